The van der Waals surface area contributed by atoms with Gasteiger partial charge in [0.1, 0.15) is 13.2 Å². The van der Waals surface area contributed by atoms with Crippen molar-refractivity contribution in [1.82, 2.24) is 0 Å². The van der Waals surface area contributed by atoms with Crippen LogP contribution in [0.4, 0.5) is 0 Å². The van der Waals surface area contributed by atoms with Crippen molar-refractivity contribution in [2.45, 2.75) is 329 Å². The van der Waals surface area contributed by atoms with Crippen molar-refractivity contribution in [1.29, 1.82) is 0 Å². The summed E-state index contributed by atoms with van der Waals surface area (Å²) in [5, 5.41) is 0. The van der Waals surface area contributed by atoms with Crippen LogP contribution in [0.1, 0.15) is 323 Å². The van der Waals surface area contributed by atoms with Crippen LogP contribution in [0.3, 0.4) is 0 Å². The Morgan fingerprint density at radius 1 is 0.284 bits per heavy atom. The predicted molar refractivity (Wildman–Crippen MR) is 321 cm³/mol. The van der Waals surface area contributed by atoms with Gasteiger partial charge in [0.25, 0.3) is 0 Å². The Bertz CT molecular complexity index is 1370. The summed E-state index contributed by atoms with van der Waals surface area (Å²) in [6.45, 7) is 6.53. The summed E-state index contributed by atoms with van der Waals surface area (Å²) in [4.78, 5) is 38.3. The molecule has 0 saturated carbocycles. The maximum atomic E-state index is 12.9. The molecule has 0 bridgehead atoms. The molecule has 6 nitrogen and oxygen atoms in total. The van der Waals surface area contributed by atoms with Crippen LogP contribution in [-0.4, -0.2) is 37.2 Å². The molecule has 0 fully saturated rings. The van der Waals surface area contributed by atoms with Crippen LogP contribution in [0.2, 0.25) is 0 Å². The van der Waals surface area contributed by atoms with Gasteiger partial charge in [0.05, 0.1) is 0 Å². The van der Waals surface area contributed by atoms with Crippen LogP contribution in [0.5, 0.6) is 0 Å². The second-order valence-electron chi connectivity index (χ2n) is 21.3. The van der Waals surface area contributed by atoms with Crippen molar-refractivity contribution in [3.8, 4) is 0 Å². The van der Waals surface area contributed by atoms with Gasteiger partial charge in [-0.05, 0) is 109 Å². The third-order valence-corrected chi connectivity index (χ3v) is 13.9. The Labute approximate surface area is 459 Å². The summed E-state index contributed by atoms with van der Waals surface area (Å²) in [6, 6.07) is 0. The number of ether oxygens (including phenoxy) is 3. The number of rotatable bonds is 58. The minimum Gasteiger partial charge on any atom is -0.462 e. The first-order chi connectivity index (χ1) is 36.5. The van der Waals surface area contributed by atoms with E-state index >= 15 is 0 Å². The molecule has 74 heavy (non-hydrogen) atoms. The van der Waals surface area contributed by atoms with Crippen molar-refractivity contribution in [2.75, 3.05) is 13.2 Å². The Morgan fingerprint density at radius 2 is 0.527 bits per heavy atom. The van der Waals surface area contributed by atoms with Gasteiger partial charge in [-0.2, -0.15) is 0 Å². The molecule has 0 aliphatic heterocycles. The van der Waals surface area contributed by atoms with Gasteiger partial charge in [0, 0.05) is 19.3 Å². The maximum absolute atomic E-state index is 12.9. The van der Waals surface area contributed by atoms with E-state index in [0.717, 1.165) is 89.9 Å². The summed E-state index contributed by atoms with van der Waals surface area (Å²) >= 11 is 0. The summed E-state index contributed by atoms with van der Waals surface area (Å²) in [7, 11) is 0. The average molecular weight is 1030 g/mol. The third-order valence-electron chi connectivity index (χ3n) is 13.9. The highest BCUT2D eigenvalue weighted by Gasteiger charge is 2.19. The maximum Gasteiger partial charge on any atom is 0.306 e. The molecule has 0 saturated heterocycles. The van der Waals surface area contributed by atoms with Gasteiger partial charge < -0.3 is 14.2 Å². The van der Waals surface area contributed by atoms with E-state index < -0.39 is 6.10 Å². The van der Waals surface area contributed by atoms with Crippen molar-refractivity contribution in [3.63, 3.8) is 0 Å². The molecule has 1 unspecified atom stereocenters. The van der Waals surface area contributed by atoms with E-state index in [-0.39, 0.29) is 31.1 Å². The van der Waals surface area contributed by atoms with Crippen LogP contribution >= 0.6 is 0 Å². The summed E-state index contributed by atoms with van der Waals surface area (Å²) in [6.07, 6.45) is 80.5. The molecular formula is C68H120O6. The zero-order chi connectivity index (χ0) is 53.6. The average Bonchev–Trinajstić information content (AvgIpc) is 3.40. The number of hydrogen-bond donors (Lipinski definition) is 0. The van der Waals surface area contributed by atoms with E-state index in [1.165, 1.54) is 193 Å². The van der Waals surface area contributed by atoms with E-state index in [4.69, 9.17) is 14.2 Å². The Balaban J connectivity index is 4.28. The molecule has 0 aliphatic rings. The van der Waals surface area contributed by atoms with Crippen LogP contribution in [-0.2, 0) is 28.6 Å². The van der Waals surface area contributed by atoms with Crippen LogP contribution in [0.15, 0.2) is 72.9 Å². The van der Waals surface area contributed by atoms with Crippen molar-refractivity contribution < 1.29 is 28.6 Å². The molecular weight excluding hydrogens is 913 g/mol. The smallest absolute Gasteiger partial charge is 0.306 e. The molecule has 428 valence electrons. The molecule has 0 N–H and O–H groups in total. The van der Waals surface area contributed by atoms with E-state index in [1.54, 1.807) is 0 Å². The number of esters is 3. The van der Waals surface area contributed by atoms with Gasteiger partial charge in [-0.25, -0.2) is 0 Å². The number of unbranched alkanes of at least 4 members (excludes halogenated alkanes) is 35. The molecule has 0 aromatic carbocycles. The van der Waals surface area contributed by atoms with Crippen molar-refractivity contribution in [3.05, 3.63) is 72.9 Å². The molecule has 0 aliphatic carbocycles. The SMILES string of the molecule is CC/C=C\C/C=C\C/C=C\C/C=C\CCCCCCCCCCCCCCC(=O)OCC(COC(=O)CCCCCCC/C=C\CCCCC)OC(=O)CCCCCCCCCCC/C=C\CCCCCCCC. The normalized spacial score (nSPS) is 12.5. The fourth-order valence-electron chi connectivity index (χ4n) is 9.13. The standard InChI is InChI=1S/C68H120O6/c1-4-7-10-13-16-19-22-25-27-29-31-32-33-34-35-36-38-39-41-43-46-49-52-55-58-61-67(70)73-64-65(63-72-66(69)60-57-54-51-48-45-24-21-18-15-12-9-6-3)74-68(71)62-59-56-53-50-47-44-42-40-37-30-28-26-23-20-17-14-11-8-5-2/h7,10,16,18-19,21,25-28,31-32,65H,4-6,8-9,11-15,17,20,22-24,29-30,33-64H2,1-3H3/b10-7-,19-16-,21-18-,27-25-,28-26-,32-31-. The molecule has 0 aromatic rings. The van der Waals surface area contributed by atoms with Crippen molar-refractivity contribution >= 4 is 17.9 Å². The van der Waals surface area contributed by atoms with Gasteiger partial charge in [-0.3, -0.25) is 14.4 Å². The first kappa shape index (κ1) is 70.8. The highest BCUT2D eigenvalue weighted by molar-refractivity contribution is 5.71. The van der Waals surface area contributed by atoms with Crippen LogP contribution in [0.25, 0.3) is 0 Å². The first-order valence-electron chi connectivity index (χ1n) is 31.9. The first-order valence-corrected chi connectivity index (χ1v) is 31.9. The van der Waals surface area contributed by atoms with Crippen LogP contribution in [0, 0.1) is 0 Å². The third kappa shape index (κ3) is 59.7. The molecule has 0 heterocycles. The van der Waals surface area contributed by atoms with E-state index in [1.807, 2.05) is 0 Å². The lowest BCUT2D eigenvalue weighted by atomic mass is 10.0. The Morgan fingerprint density at radius 3 is 0.865 bits per heavy atom. The highest BCUT2D eigenvalue weighted by atomic mass is 16.6. The molecule has 6 heteroatoms. The van der Waals surface area contributed by atoms with Gasteiger partial charge in [-0.1, -0.05) is 267 Å². The monoisotopic (exact) mass is 1030 g/mol. The molecule has 0 radical (unpaired) electrons. The number of hydrogen-bond acceptors (Lipinski definition) is 6. The molecule has 0 spiro atoms. The number of carbonyl (C=O) groups is 3. The Kier molecular flexibility index (Phi) is 59.7. The molecule has 0 rings (SSSR count). The second-order valence-corrected chi connectivity index (χ2v) is 21.3. The van der Waals surface area contributed by atoms with Gasteiger partial charge in [0.2, 0.25) is 0 Å². The van der Waals surface area contributed by atoms with E-state index in [2.05, 4.69) is 93.7 Å². The second kappa shape index (κ2) is 62.4. The number of allylic oxidation sites excluding steroid dienone is 12. The molecule has 1 atom stereocenters. The minimum absolute atomic E-state index is 0.0777. The Hall–Kier alpha value is -3.15. The summed E-state index contributed by atoms with van der Waals surface area (Å²) < 4.78 is 16.9. The molecule has 0 aromatic heterocycles. The largest absolute Gasteiger partial charge is 0.462 e. The van der Waals surface area contributed by atoms with Gasteiger partial charge in [-0.15, -0.1) is 0 Å². The van der Waals surface area contributed by atoms with Gasteiger partial charge >= 0.3 is 17.9 Å². The minimum atomic E-state index is -0.780. The highest BCUT2D eigenvalue weighted by Crippen LogP contribution is 2.16. The van der Waals surface area contributed by atoms with E-state index in [9.17, 15) is 14.4 Å². The van der Waals surface area contributed by atoms with Crippen LogP contribution < -0.4 is 0 Å². The zero-order valence-corrected chi connectivity index (χ0v) is 49.1. The summed E-state index contributed by atoms with van der Waals surface area (Å²) in [5.41, 5.74) is 0. The quantitative estimate of drug-likeness (QED) is 0.0261. The van der Waals surface area contributed by atoms with E-state index in [0.29, 0.717) is 19.3 Å². The molecule has 0 amide bonds. The lowest BCUT2D eigenvalue weighted by Gasteiger charge is -2.18. The lowest BCUT2D eigenvalue weighted by molar-refractivity contribution is -0.167. The zero-order valence-electron chi connectivity index (χ0n) is 49.1. The number of carbonyl (C=O) groups excluding carboxylic acids is 3. The fraction of sp³-hybridized carbons (Fsp3) is 0.779. The predicted octanol–water partition coefficient (Wildman–Crippen LogP) is 21.7. The lowest BCUT2D eigenvalue weighted by Crippen LogP contribution is -2.30. The fourth-order valence-corrected chi connectivity index (χ4v) is 9.13. The van der Waals surface area contributed by atoms with Gasteiger partial charge in [0.15, 0.2) is 6.10 Å². The van der Waals surface area contributed by atoms with Crippen molar-refractivity contribution in [2.24, 2.45) is 0 Å². The topological polar surface area (TPSA) is 78.9 Å². The summed E-state index contributed by atoms with van der Waals surface area (Å²) in [5.74, 6) is -0.877.